The lowest BCUT2D eigenvalue weighted by Crippen LogP contribution is -2.18. The lowest BCUT2D eigenvalue weighted by atomic mass is 9.89. The van der Waals surface area contributed by atoms with Crippen molar-refractivity contribution >= 4 is 11.5 Å². The molecule has 0 fully saturated rings. The second kappa shape index (κ2) is 5.21. The SMILES string of the molecule is CC(C)C(C#N)C(=O)c1cccc([N+](=O)[O-])c1. The van der Waals surface area contributed by atoms with Gasteiger partial charge in [-0.2, -0.15) is 5.26 Å². The molecule has 0 amide bonds. The predicted octanol–water partition coefficient (Wildman–Crippen LogP) is 2.57. The van der Waals surface area contributed by atoms with Crippen LogP contribution >= 0.6 is 0 Å². The molecule has 0 bridgehead atoms. The molecule has 0 aliphatic rings. The van der Waals surface area contributed by atoms with Crippen molar-refractivity contribution in [2.24, 2.45) is 11.8 Å². The summed E-state index contributed by atoms with van der Waals surface area (Å²) >= 11 is 0. The van der Waals surface area contributed by atoms with Crippen LogP contribution in [0.3, 0.4) is 0 Å². The van der Waals surface area contributed by atoms with E-state index in [1.54, 1.807) is 13.8 Å². The number of hydrogen-bond donors (Lipinski definition) is 0. The van der Waals surface area contributed by atoms with Crippen molar-refractivity contribution < 1.29 is 9.72 Å². The first kappa shape index (κ1) is 12.8. The zero-order valence-corrected chi connectivity index (χ0v) is 9.58. The zero-order chi connectivity index (χ0) is 13.0. The highest BCUT2D eigenvalue weighted by Crippen LogP contribution is 2.20. The number of carbonyl (C=O) groups excluding carboxylic acids is 1. The number of non-ortho nitro benzene ring substituents is 1. The first-order valence-electron chi connectivity index (χ1n) is 5.15. The van der Waals surface area contributed by atoms with E-state index in [1.807, 2.05) is 6.07 Å². The van der Waals surface area contributed by atoms with Crippen LogP contribution in [0.2, 0.25) is 0 Å². The molecule has 5 nitrogen and oxygen atoms in total. The van der Waals surface area contributed by atoms with Crippen molar-refractivity contribution in [2.75, 3.05) is 0 Å². The van der Waals surface area contributed by atoms with Crippen LogP contribution in [0.15, 0.2) is 24.3 Å². The molecule has 88 valence electrons. The first-order valence-corrected chi connectivity index (χ1v) is 5.15. The van der Waals surface area contributed by atoms with E-state index in [0.717, 1.165) is 0 Å². The van der Waals surface area contributed by atoms with Crippen molar-refractivity contribution in [3.63, 3.8) is 0 Å². The maximum atomic E-state index is 11.9. The van der Waals surface area contributed by atoms with Gasteiger partial charge in [-0.1, -0.05) is 26.0 Å². The van der Waals surface area contributed by atoms with E-state index in [1.165, 1.54) is 24.3 Å². The fourth-order valence-electron chi connectivity index (χ4n) is 1.46. The van der Waals surface area contributed by atoms with Gasteiger partial charge in [-0.15, -0.1) is 0 Å². The van der Waals surface area contributed by atoms with Gasteiger partial charge in [0.15, 0.2) is 5.78 Å². The standard InChI is InChI=1S/C12H12N2O3/c1-8(2)11(7-13)12(15)9-4-3-5-10(6-9)14(16)17/h3-6,8,11H,1-2H3. The molecule has 1 rings (SSSR count). The van der Waals surface area contributed by atoms with E-state index >= 15 is 0 Å². The van der Waals surface area contributed by atoms with Crippen LogP contribution in [0.25, 0.3) is 0 Å². The molecule has 0 aromatic heterocycles. The van der Waals surface area contributed by atoms with Crippen LogP contribution in [-0.2, 0) is 0 Å². The number of benzene rings is 1. The van der Waals surface area contributed by atoms with Crippen LogP contribution in [0.5, 0.6) is 0 Å². The predicted molar refractivity (Wildman–Crippen MR) is 61.4 cm³/mol. The number of nitrogens with zero attached hydrogens (tertiary/aromatic N) is 2. The van der Waals surface area contributed by atoms with Gasteiger partial charge in [-0.3, -0.25) is 14.9 Å². The Bertz CT molecular complexity index is 489. The first-order chi connectivity index (χ1) is 7.97. The lowest BCUT2D eigenvalue weighted by Gasteiger charge is -2.11. The third kappa shape index (κ3) is 2.88. The fourth-order valence-corrected chi connectivity index (χ4v) is 1.46. The summed E-state index contributed by atoms with van der Waals surface area (Å²) < 4.78 is 0. The van der Waals surface area contributed by atoms with Crippen LogP contribution in [0.4, 0.5) is 5.69 Å². The lowest BCUT2D eigenvalue weighted by molar-refractivity contribution is -0.384. The molecule has 0 radical (unpaired) electrons. The molecule has 0 saturated carbocycles. The third-order valence-corrected chi connectivity index (χ3v) is 2.43. The van der Waals surface area contributed by atoms with Crippen molar-refractivity contribution in [1.29, 1.82) is 5.26 Å². The summed E-state index contributed by atoms with van der Waals surface area (Å²) in [6.45, 7) is 3.53. The molecule has 0 saturated heterocycles. The van der Waals surface area contributed by atoms with Gasteiger partial charge in [0.2, 0.25) is 0 Å². The molecule has 0 aliphatic heterocycles. The molecule has 5 heteroatoms. The van der Waals surface area contributed by atoms with Crippen LogP contribution in [0.1, 0.15) is 24.2 Å². The number of nitro groups is 1. The topological polar surface area (TPSA) is 84.0 Å². The zero-order valence-electron chi connectivity index (χ0n) is 9.58. The third-order valence-electron chi connectivity index (χ3n) is 2.43. The Morgan fingerprint density at radius 1 is 1.47 bits per heavy atom. The summed E-state index contributed by atoms with van der Waals surface area (Å²) in [7, 11) is 0. The van der Waals surface area contributed by atoms with Gasteiger partial charge >= 0.3 is 0 Å². The van der Waals surface area contributed by atoms with Gasteiger partial charge in [0, 0.05) is 17.7 Å². The molecular formula is C12H12N2O3. The molecule has 1 atom stereocenters. The van der Waals surface area contributed by atoms with E-state index < -0.39 is 10.8 Å². The highest BCUT2D eigenvalue weighted by Gasteiger charge is 2.24. The summed E-state index contributed by atoms with van der Waals surface area (Å²) in [4.78, 5) is 22.0. The monoisotopic (exact) mass is 232 g/mol. The molecule has 17 heavy (non-hydrogen) atoms. The van der Waals surface area contributed by atoms with E-state index in [-0.39, 0.29) is 23.0 Å². The van der Waals surface area contributed by atoms with Gasteiger partial charge < -0.3 is 0 Å². The Kier molecular flexibility index (Phi) is 3.94. The molecule has 1 aromatic rings. The molecule has 1 unspecified atom stereocenters. The number of hydrogen-bond acceptors (Lipinski definition) is 4. The van der Waals surface area contributed by atoms with Crippen LogP contribution in [0, 0.1) is 33.3 Å². The van der Waals surface area contributed by atoms with Gasteiger partial charge in [0.25, 0.3) is 5.69 Å². The van der Waals surface area contributed by atoms with E-state index in [9.17, 15) is 14.9 Å². The van der Waals surface area contributed by atoms with Crippen molar-refractivity contribution in [3.05, 3.63) is 39.9 Å². The highest BCUT2D eigenvalue weighted by molar-refractivity contribution is 5.99. The minimum Gasteiger partial charge on any atom is -0.293 e. The summed E-state index contributed by atoms with van der Waals surface area (Å²) in [6.07, 6.45) is 0. The molecular weight excluding hydrogens is 220 g/mol. The number of rotatable bonds is 4. The number of carbonyl (C=O) groups is 1. The minimum atomic E-state index is -0.767. The second-order valence-corrected chi connectivity index (χ2v) is 4.02. The quantitative estimate of drug-likeness (QED) is 0.453. The van der Waals surface area contributed by atoms with Gasteiger partial charge in [-0.25, -0.2) is 0 Å². The van der Waals surface area contributed by atoms with Crippen molar-refractivity contribution in [3.8, 4) is 6.07 Å². The van der Waals surface area contributed by atoms with Crippen molar-refractivity contribution in [2.45, 2.75) is 13.8 Å². The minimum absolute atomic E-state index is 0.119. The number of Topliss-reactive ketones (excluding diaryl/α,β-unsaturated/α-hetero) is 1. The van der Waals surface area contributed by atoms with E-state index in [4.69, 9.17) is 5.26 Å². The van der Waals surface area contributed by atoms with E-state index in [2.05, 4.69) is 0 Å². The molecule has 0 aliphatic carbocycles. The Labute approximate surface area is 98.8 Å². The number of ketones is 1. The number of nitro benzene ring substituents is 1. The summed E-state index contributed by atoms with van der Waals surface area (Å²) in [5.74, 6) is -1.25. The summed E-state index contributed by atoms with van der Waals surface area (Å²) in [5, 5.41) is 19.5. The maximum Gasteiger partial charge on any atom is 0.270 e. The van der Waals surface area contributed by atoms with Crippen LogP contribution < -0.4 is 0 Å². The average Bonchev–Trinajstić information content (AvgIpc) is 2.29. The second-order valence-electron chi connectivity index (χ2n) is 4.02. The summed E-state index contributed by atoms with van der Waals surface area (Å²) in [5.41, 5.74) is 0.0655. The van der Waals surface area contributed by atoms with Gasteiger partial charge in [0.05, 0.1) is 11.0 Å². The summed E-state index contributed by atoms with van der Waals surface area (Å²) in [6, 6.07) is 7.38. The fraction of sp³-hybridized carbons (Fsp3) is 0.333. The normalized spacial score (nSPS) is 11.9. The largest absolute Gasteiger partial charge is 0.293 e. The van der Waals surface area contributed by atoms with Gasteiger partial charge in [-0.05, 0) is 5.92 Å². The number of nitriles is 1. The Hall–Kier alpha value is -2.22. The van der Waals surface area contributed by atoms with Crippen molar-refractivity contribution in [1.82, 2.24) is 0 Å². The molecule has 0 heterocycles. The maximum absolute atomic E-state index is 11.9. The molecule has 0 N–H and O–H groups in total. The Morgan fingerprint density at radius 3 is 2.59 bits per heavy atom. The van der Waals surface area contributed by atoms with Gasteiger partial charge in [0.1, 0.15) is 5.92 Å². The molecule has 1 aromatic carbocycles. The smallest absolute Gasteiger partial charge is 0.270 e. The Balaban J connectivity index is 3.09. The molecule has 0 spiro atoms. The Morgan fingerprint density at radius 2 is 2.12 bits per heavy atom. The average molecular weight is 232 g/mol. The van der Waals surface area contributed by atoms with E-state index in [0.29, 0.717) is 0 Å². The van der Waals surface area contributed by atoms with Crippen LogP contribution in [-0.4, -0.2) is 10.7 Å². The highest BCUT2D eigenvalue weighted by atomic mass is 16.6.